The molecule has 0 spiro atoms. The van der Waals surface area contributed by atoms with Crippen molar-refractivity contribution in [3.8, 4) is 11.4 Å². The Balaban J connectivity index is 2.33. The molecule has 0 fully saturated rings. The summed E-state index contributed by atoms with van der Waals surface area (Å²) in [6.45, 7) is 0. The summed E-state index contributed by atoms with van der Waals surface area (Å²) in [4.78, 5) is 0. The molecule has 6 heteroatoms. The first-order valence-corrected chi connectivity index (χ1v) is 4.38. The summed E-state index contributed by atoms with van der Waals surface area (Å²) in [6, 6.07) is 4.51. The van der Waals surface area contributed by atoms with Crippen LogP contribution in [0.3, 0.4) is 0 Å². The lowest BCUT2D eigenvalue weighted by Gasteiger charge is -2.07. The molecule has 0 saturated heterocycles. The number of aromatic nitrogens is 2. The molecule has 84 valence electrons. The molecule has 16 heavy (non-hydrogen) atoms. The predicted octanol–water partition coefficient (Wildman–Crippen LogP) is 2.60. The predicted molar refractivity (Wildman–Crippen MR) is 50.2 cm³/mol. The Morgan fingerprint density at radius 1 is 1.12 bits per heavy atom. The number of benzene rings is 1. The van der Waals surface area contributed by atoms with Gasteiger partial charge >= 0.3 is 6.18 Å². The van der Waals surface area contributed by atoms with Crippen LogP contribution in [-0.2, 0) is 6.18 Å². The highest BCUT2D eigenvalue weighted by Gasteiger charge is 2.29. The summed E-state index contributed by atoms with van der Waals surface area (Å²) < 4.78 is 38.1. The zero-order valence-electron chi connectivity index (χ0n) is 7.94. The standard InChI is InChI=1S/C10H7F3N2O/c11-10(12,13)7-1-3-8(4-2-7)15-6-9(16)5-14-15/h1-6,16H. The first kappa shape index (κ1) is 10.5. The topological polar surface area (TPSA) is 38.1 Å². The quantitative estimate of drug-likeness (QED) is 0.814. The molecule has 1 N–H and O–H groups in total. The van der Waals surface area contributed by atoms with Crippen LogP contribution in [0.25, 0.3) is 5.69 Å². The Labute approximate surface area is 88.8 Å². The van der Waals surface area contributed by atoms with Gasteiger partial charge in [-0.3, -0.25) is 0 Å². The van der Waals surface area contributed by atoms with Gasteiger partial charge in [-0.25, -0.2) is 4.68 Å². The fourth-order valence-electron chi connectivity index (χ4n) is 1.26. The lowest BCUT2D eigenvalue weighted by Crippen LogP contribution is -2.05. The molecule has 0 saturated carbocycles. The van der Waals surface area contributed by atoms with Crippen LogP contribution in [0.15, 0.2) is 36.7 Å². The van der Waals surface area contributed by atoms with Gasteiger partial charge in [0.25, 0.3) is 0 Å². The minimum Gasteiger partial charge on any atom is -0.505 e. The monoisotopic (exact) mass is 228 g/mol. The Morgan fingerprint density at radius 2 is 1.75 bits per heavy atom. The van der Waals surface area contributed by atoms with Gasteiger partial charge in [-0.05, 0) is 24.3 Å². The fraction of sp³-hybridized carbons (Fsp3) is 0.100. The van der Waals surface area contributed by atoms with Crippen LogP contribution in [-0.4, -0.2) is 14.9 Å². The maximum Gasteiger partial charge on any atom is 0.416 e. The van der Waals surface area contributed by atoms with E-state index in [0.29, 0.717) is 5.69 Å². The molecule has 0 bridgehead atoms. The Morgan fingerprint density at radius 3 is 2.19 bits per heavy atom. The van der Waals surface area contributed by atoms with Crippen molar-refractivity contribution in [2.75, 3.05) is 0 Å². The lowest BCUT2D eigenvalue weighted by atomic mass is 10.2. The van der Waals surface area contributed by atoms with Crippen LogP contribution in [0.5, 0.6) is 5.75 Å². The van der Waals surface area contributed by atoms with Crippen LogP contribution < -0.4 is 0 Å². The maximum atomic E-state index is 12.3. The SMILES string of the molecule is Oc1cnn(-c2ccc(C(F)(F)F)cc2)c1. The van der Waals surface area contributed by atoms with Crippen molar-refractivity contribution in [1.82, 2.24) is 9.78 Å². The number of aromatic hydroxyl groups is 1. The third-order valence-corrected chi connectivity index (χ3v) is 2.03. The van der Waals surface area contributed by atoms with E-state index in [1.807, 2.05) is 0 Å². The van der Waals surface area contributed by atoms with Crippen LogP contribution in [0.1, 0.15) is 5.56 Å². The van der Waals surface area contributed by atoms with E-state index in [2.05, 4.69) is 5.10 Å². The largest absolute Gasteiger partial charge is 0.505 e. The van der Waals surface area contributed by atoms with Crippen molar-refractivity contribution in [2.24, 2.45) is 0 Å². The van der Waals surface area contributed by atoms with Gasteiger partial charge in [-0.2, -0.15) is 18.3 Å². The van der Waals surface area contributed by atoms with E-state index in [1.54, 1.807) is 0 Å². The summed E-state index contributed by atoms with van der Waals surface area (Å²) in [6.07, 6.45) is -1.83. The van der Waals surface area contributed by atoms with Crippen LogP contribution >= 0.6 is 0 Å². The van der Waals surface area contributed by atoms with Gasteiger partial charge in [0.1, 0.15) is 0 Å². The van der Waals surface area contributed by atoms with Crippen molar-refractivity contribution >= 4 is 0 Å². The summed E-state index contributed by atoms with van der Waals surface area (Å²) in [7, 11) is 0. The van der Waals surface area contributed by atoms with Gasteiger partial charge in [-0.15, -0.1) is 0 Å². The highest BCUT2D eigenvalue weighted by molar-refractivity contribution is 5.35. The second-order valence-corrected chi connectivity index (χ2v) is 3.19. The van der Waals surface area contributed by atoms with Crippen molar-refractivity contribution in [3.05, 3.63) is 42.2 Å². The first-order chi connectivity index (χ1) is 7.47. The van der Waals surface area contributed by atoms with Crippen LogP contribution in [0.4, 0.5) is 13.2 Å². The molecule has 0 radical (unpaired) electrons. The molecule has 2 rings (SSSR count). The molecule has 2 aromatic rings. The average Bonchev–Trinajstić information content (AvgIpc) is 2.64. The van der Waals surface area contributed by atoms with Crippen molar-refractivity contribution < 1.29 is 18.3 Å². The zero-order valence-corrected chi connectivity index (χ0v) is 7.94. The van der Waals surface area contributed by atoms with E-state index in [-0.39, 0.29) is 5.75 Å². The molecule has 0 atom stereocenters. The molecular weight excluding hydrogens is 221 g/mol. The number of hydrogen-bond donors (Lipinski definition) is 1. The van der Waals surface area contributed by atoms with E-state index in [0.717, 1.165) is 12.1 Å². The second-order valence-electron chi connectivity index (χ2n) is 3.19. The lowest BCUT2D eigenvalue weighted by molar-refractivity contribution is -0.137. The second kappa shape index (κ2) is 3.55. The van der Waals surface area contributed by atoms with Gasteiger partial charge in [0.15, 0.2) is 5.75 Å². The zero-order chi connectivity index (χ0) is 11.8. The average molecular weight is 228 g/mol. The molecular formula is C10H7F3N2O. The number of halogens is 3. The number of alkyl halides is 3. The molecule has 0 aliphatic rings. The fourth-order valence-corrected chi connectivity index (χ4v) is 1.26. The number of rotatable bonds is 1. The Hall–Kier alpha value is -1.98. The van der Waals surface area contributed by atoms with Gasteiger partial charge in [0, 0.05) is 0 Å². The summed E-state index contributed by atoms with van der Waals surface area (Å²) in [5.41, 5.74) is -0.263. The normalized spacial score (nSPS) is 11.7. The van der Waals surface area contributed by atoms with E-state index >= 15 is 0 Å². The van der Waals surface area contributed by atoms with Gasteiger partial charge in [-0.1, -0.05) is 0 Å². The minimum absolute atomic E-state index is 0.0418. The van der Waals surface area contributed by atoms with E-state index in [1.165, 1.54) is 29.2 Å². The minimum atomic E-state index is -4.34. The molecule has 1 heterocycles. The summed E-state index contributed by atoms with van der Waals surface area (Å²) in [5, 5.41) is 12.8. The summed E-state index contributed by atoms with van der Waals surface area (Å²) in [5.74, 6) is -0.0418. The van der Waals surface area contributed by atoms with Gasteiger partial charge in [0.05, 0.1) is 23.6 Å². The molecule has 0 unspecified atom stereocenters. The molecule has 0 amide bonds. The van der Waals surface area contributed by atoms with E-state index in [9.17, 15) is 13.2 Å². The van der Waals surface area contributed by atoms with E-state index in [4.69, 9.17) is 5.11 Å². The number of nitrogens with zero attached hydrogens (tertiary/aromatic N) is 2. The van der Waals surface area contributed by atoms with Gasteiger partial charge in [0.2, 0.25) is 0 Å². The Bertz CT molecular complexity index is 488. The molecule has 0 aliphatic carbocycles. The summed E-state index contributed by atoms with van der Waals surface area (Å²) >= 11 is 0. The third kappa shape index (κ3) is 2.00. The molecule has 0 aliphatic heterocycles. The smallest absolute Gasteiger partial charge is 0.416 e. The van der Waals surface area contributed by atoms with Crippen molar-refractivity contribution in [1.29, 1.82) is 0 Å². The highest BCUT2D eigenvalue weighted by Crippen LogP contribution is 2.29. The Kier molecular flexibility index (Phi) is 2.34. The van der Waals surface area contributed by atoms with Crippen LogP contribution in [0, 0.1) is 0 Å². The van der Waals surface area contributed by atoms with E-state index < -0.39 is 11.7 Å². The van der Waals surface area contributed by atoms with Crippen molar-refractivity contribution in [2.45, 2.75) is 6.18 Å². The third-order valence-electron chi connectivity index (χ3n) is 2.03. The molecule has 1 aromatic heterocycles. The van der Waals surface area contributed by atoms with Crippen LogP contribution in [0.2, 0.25) is 0 Å². The maximum absolute atomic E-state index is 12.3. The van der Waals surface area contributed by atoms with Crippen molar-refractivity contribution in [3.63, 3.8) is 0 Å². The molecule has 1 aromatic carbocycles. The first-order valence-electron chi connectivity index (χ1n) is 4.38. The number of hydrogen-bond acceptors (Lipinski definition) is 2. The highest BCUT2D eigenvalue weighted by atomic mass is 19.4. The van der Waals surface area contributed by atoms with Gasteiger partial charge < -0.3 is 5.11 Å². The molecule has 3 nitrogen and oxygen atoms in total.